The van der Waals surface area contributed by atoms with Crippen LogP contribution in [0.25, 0.3) is 16.7 Å². The first-order valence-electron chi connectivity index (χ1n) is 9.06. The van der Waals surface area contributed by atoms with E-state index >= 15 is 0 Å². The number of aromatic amines is 1. The lowest BCUT2D eigenvalue weighted by molar-refractivity contribution is -0.465. The van der Waals surface area contributed by atoms with E-state index in [1.807, 2.05) is 35.6 Å². The first kappa shape index (κ1) is 17.7. The molecule has 2 N–H and O–H groups in total. The van der Waals surface area contributed by atoms with E-state index < -0.39 is 0 Å². The number of imidazole rings is 1. The molecule has 0 aliphatic rings. The van der Waals surface area contributed by atoms with Crippen LogP contribution in [-0.4, -0.2) is 11.2 Å². The third-order valence-corrected chi connectivity index (χ3v) is 4.91. The van der Waals surface area contributed by atoms with Crippen molar-refractivity contribution < 1.29 is 8.79 Å². The number of hydrogen-bond donors (Lipinski definition) is 2. The Morgan fingerprint density at radius 1 is 1.21 bits per heavy atom. The van der Waals surface area contributed by atoms with E-state index in [9.17, 15) is 9.65 Å². The molecule has 2 heterocycles. The van der Waals surface area contributed by atoms with E-state index in [-0.39, 0.29) is 5.82 Å². The minimum Gasteiger partial charge on any atom is -0.269 e. The highest BCUT2D eigenvalue weighted by Crippen LogP contribution is 2.25. The monoisotopic (exact) mass is 372 g/mol. The quantitative estimate of drug-likeness (QED) is 0.320. The molecule has 28 heavy (non-hydrogen) atoms. The number of nitriles is 1. The average Bonchev–Trinajstić information content (AvgIpc) is 3.08. The number of rotatable bonds is 4. The van der Waals surface area contributed by atoms with E-state index in [0.29, 0.717) is 5.56 Å². The predicted octanol–water partition coefficient (Wildman–Crippen LogP) is 4.23. The molecule has 2 aromatic heterocycles. The van der Waals surface area contributed by atoms with Crippen molar-refractivity contribution in [2.45, 2.75) is 20.3 Å². The van der Waals surface area contributed by atoms with Gasteiger partial charge in [0.2, 0.25) is 5.65 Å². The van der Waals surface area contributed by atoms with Crippen LogP contribution in [-0.2, 0) is 6.42 Å². The molecule has 5 nitrogen and oxygen atoms in total. The smallest absolute Gasteiger partial charge is 0.253 e. The van der Waals surface area contributed by atoms with Crippen LogP contribution in [0.3, 0.4) is 0 Å². The maximum Gasteiger partial charge on any atom is 0.253 e. The van der Waals surface area contributed by atoms with Gasteiger partial charge in [0.15, 0.2) is 0 Å². The second kappa shape index (κ2) is 7.12. The van der Waals surface area contributed by atoms with Crippen molar-refractivity contribution in [3.63, 3.8) is 0 Å². The summed E-state index contributed by atoms with van der Waals surface area (Å²) in [6.45, 7) is 4.01. The molecule has 0 spiro atoms. The Hall–Kier alpha value is -3.72. The summed E-state index contributed by atoms with van der Waals surface area (Å²) in [6.07, 6.45) is 2.39. The molecule has 0 unspecified atom stereocenters. The number of fused-ring (bicyclic) bond motifs is 3. The van der Waals surface area contributed by atoms with Crippen molar-refractivity contribution in [2.75, 3.05) is 5.43 Å². The van der Waals surface area contributed by atoms with E-state index in [0.717, 1.165) is 45.6 Å². The fourth-order valence-corrected chi connectivity index (χ4v) is 3.53. The molecule has 0 saturated heterocycles. The molecule has 0 aliphatic carbocycles. The Morgan fingerprint density at radius 3 is 2.68 bits per heavy atom. The number of pyridine rings is 1. The number of hydrogen-bond acceptors (Lipinski definition) is 3. The summed E-state index contributed by atoms with van der Waals surface area (Å²) in [4.78, 5) is 3.35. The van der Waals surface area contributed by atoms with Crippen LogP contribution in [0.2, 0.25) is 0 Å². The number of para-hydroxylation sites is 2. The summed E-state index contributed by atoms with van der Waals surface area (Å²) in [5.74, 6) is 0.530. The highest BCUT2D eigenvalue weighted by Gasteiger charge is 2.24. The highest BCUT2D eigenvalue weighted by molar-refractivity contribution is 5.81. The van der Waals surface area contributed by atoms with Gasteiger partial charge in [0, 0.05) is 5.56 Å². The molecule has 4 aromatic rings. The molecule has 0 aliphatic heterocycles. The standard InChI is InChI=1S/C22H18FN5/c1-3-17-14(2)18(12-24)21-26-19-6-4-5-7-20(19)28(21)22(17)27-25-13-15-8-10-16(23)11-9-15/h4-11,13H,3H2,1-2H3,(H,26,27)/p+1. The van der Waals surface area contributed by atoms with Gasteiger partial charge < -0.3 is 0 Å². The van der Waals surface area contributed by atoms with Gasteiger partial charge in [-0.25, -0.2) is 4.39 Å². The number of nitrogens with zero attached hydrogens (tertiary/aromatic N) is 3. The summed E-state index contributed by atoms with van der Waals surface area (Å²) in [5, 5.41) is 14.1. The van der Waals surface area contributed by atoms with E-state index in [2.05, 4.69) is 28.5 Å². The lowest BCUT2D eigenvalue weighted by Crippen LogP contribution is -2.28. The second-order valence-electron chi connectivity index (χ2n) is 6.54. The molecule has 0 atom stereocenters. The minimum absolute atomic E-state index is 0.280. The number of benzene rings is 2. The zero-order chi connectivity index (χ0) is 19.7. The van der Waals surface area contributed by atoms with Gasteiger partial charge in [-0.1, -0.05) is 31.2 Å². The molecule has 0 bridgehead atoms. The van der Waals surface area contributed by atoms with Gasteiger partial charge in [0.25, 0.3) is 5.82 Å². The number of halogens is 1. The normalized spacial score (nSPS) is 11.4. The highest BCUT2D eigenvalue weighted by atomic mass is 19.1. The lowest BCUT2D eigenvalue weighted by atomic mass is 10.0. The summed E-state index contributed by atoms with van der Waals surface area (Å²) < 4.78 is 15.1. The lowest BCUT2D eigenvalue weighted by Gasteiger charge is -2.10. The third-order valence-electron chi connectivity index (χ3n) is 4.91. The molecule has 0 amide bonds. The van der Waals surface area contributed by atoms with Crippen molar-refractivity contribution in [3.05, 3.63) is 76.6 Å². The Bertz CT molecular complexity index is 1250. The van der Waals surface area contributed by atoms with Gasteiger partial charge in [-0.3, -0.25) is 4.98 Å². The molecule has 2 aromatic carbocycles. The van der Waals surface area contributed by atoms with Crippen LogP contribution in [0.1, 0.15) is 29.2 Å². The van der Waals surface area contributed by atoms with Gasteiger partial charge in [0.05, 0.1) is 6.21 Å². The van der Waals surface area contributed by atoms with Gasteiger partial charge in [-0.05, 0) is 48.7 Å². The topological polar surface area (TPSA) is 68.1 Å². The molecule has 0 radical (unpaired) electrons. The third kappa shape index (κ3) is 2.87. The van der Waals surface area contributed by atoms with Gasteiger partial charge in [-0.2, -0.15) is 15.1 Å². The van der Waals surface area contributed by atoms with Crippen molar-refractivity contribution >= 4 is 28.7 Å². The maximum absolute atomic E-state index is 13.1. The second-order valence-corrected chi connectivity index (χ2v) is 6.54. The molecule has 138 valence electrons. The van der Waals surface area contributed by atoms with Crippen molar-refractivity contribution in [1.29, 1.82) is 5.26 Å². The van der Waals surface area contributed by atoms with Crippen LogP contribution < -0.4 is 9.83 Å². The first-order chi connectivity index (χ1) is 13.6. The fourth-order valence-electron chi connectivity index (χ4n) is 3.53. The molecular formula is C22H19FN5+. The Kier molecular flexibility index (Phi) is 4.50. The number of hydrazone groups is 1. The predicted molar refractivity (Wildman–Crippen MR) is 108 cm³/mol. The zero-order valence-electron chi connectivity index (χ0n) is 15.6. The molecule has 0 saturated carbocycles. The summed E-state index contributed by atoms with van der Waals surface area (Å²) in [5.41, 5.74) is 9.15. The van der Waals surface area contributed by atoms with Crippen LogP contribution in [0.5, 0.6) is 0 Å². The van der Waals surface area contributed by atoms with Crippen LogP contribution >= 0.6 is 0 Å². The average molecular weight is 372 g/mol. The van der Waals surface area contributed by atoms with Gasteiger partial charge in [0.1, 0.15) is 28.5 Å². The van der Waals surface area contributed by atoms with Crippen LogP contribution in [0.4, 0.5) is 10.2 Å². The molecule has 4 rings (SSSR count). The summed E-state index contributed by atoms with van der Waals surface area (Å²) in [7, 11) is 0. The molecular weight excluding hydrogens is 353 g/mol. The minimum atomic E-state index is -0.280. The fraction of sp³-hybridized carbons (Fsp3) is 0.136. The SMILES string of the molecule is CCc1c(C)c(C#N)c2[nH]c3ccccc3[n+]2c1NN=Cc1ccc(F)cc1. The number of nitrogens with one attached hydrogen (secondary N) is 2. The number of aromatic nitrogens is 2. The largest absolute Gasteiger partial charge is 0.269 e. The maximum atomic E-state index is 13.1. The van der Waals surface area contributed by atoms with E-state index in [1.165, 1.54) is 12.1 Å². The Balaban J connectivity index is 1.91. The first-order valence-corrected chi connectivity index (χ1v) is 9.06. The van der Waals surface area contributed by atoms with Crippen molar-refractivity contribution in [1.82, 2.24) is 4.98 Å². The molecule has 0 fully saturated rings. The summed E-state index contributed by atoms with van der Waals surface area (Å²) >= 11 is 0. The Morgan fingerprint density at radius 2 is 1.96 bits per heavy atom. The van der Waals surface area contributed by atoms with Crippen molar-refractivity contribution in [3.8, 4) is 6.07 Å². The molecule has 6 heteroatoms. The van der Waals surface area contributed by atoms with E-state index in [1.54, 1.807) is 18.3 Å². The van der Waals surface area contributed by atoms with Gasteiger partial charge >= 0.3 is 0 Å². The summed E-state index contributed by atoms with van der Waals surface area (Å²) in [6, 6.07) is 16.4. The number of H-pyrrole nitrogens is 1. The zero-order valence-corrected chi connectivity index (χ0v) is 15.6. The van der Waals surface area contributed by atoms with Gasteiger partial charge in [-0.15, -0.1) is 5.10 Å². The number of anilines is 1. The van der Waals surface area contributed by atoms with E-state index in [4.69, 9.17) is 0 Å². The van der Waals surface area contributed by atoms with Crippen LogP contribution in [0, 0.1) is 24.1 Å². The Labute approximate surface area is 161 Å². The van der Waals surface area contributed by atoms with Crippen molar-refractivity contribution in [2.24, 2.45) is 5.10 Å². The van der Waals surface area contributed by atoms with Crippen LogP contribution in [0.15, 0.2) is 53.6 Å².